The van der Waals surface area contributed by atoms with Crippen molar-refractivity contribution in [1.82, 2.24) is 46.8 Å². The molecule has 1 saturated heterocycles. The highest BCUT2D eigenvalue weighted by Gasteiger charge is 2.51. The maximum absolute atomic E-state index is 14.3. The van der Waals surface area contributed by atoms with Crippen LogP contribution in [-0.4, -0.2) is 97.6 Å². The van der Waals surface area contributed by atoms with Crippen LogP contribution in [0.4, 0.5) is 0 Å². The van der Waals surface area contributed by atoms with Crippen LogP contribution >= 0.6 is 0 Å². The van der Waals surface area contributed by atoms with E-state index in [4.69, 9.17) is 0 Å². The fourth-order valence-corrected chi connectivity index (χ4v) is 6.82. The number of aromatic nitrogens is 4. The van der Waals surface area contributed by atoms with Crippen LogP contribution in [0.2, 0.25) is 0 Å². The van der Waals surface area contributed by atoms with Crippen molar-refractivity contribution in [2.45, 2.75) is 143 Å². The number of tetrazole rings is 1. The number of aryl methyl sites for hydroxylation is 1. The number of carbonyl (C=O) groups is 6. The van der Waals surface area contributed by atoms with Gasteiger partial charge in [-0.25, -0.2) is 5.10 Å². The van der Waals surface area contributed by atoms with Crippen LogP contribution < -0.4 is 21.3 Å². The van der Waals surface area contributed by atoms with Gasteiger partial charge in [0.1, 0.15) is 23.9 Å². The van der Waals surface area contributed by atoms with E-state index in [2.05, 4.69) is 41.9 Å². The Balaban J connectivity index is 1.71. The Kier molecular flexibility index (Phi) is 15.1. The number of nitrogens with zero attached hydrogens (tertiary/aromatic N) is 4. The number of Topliss-reactive ketones (excluding diaryl/α,β-unsaturated/α-hetero) is 1. The lowest BCUT2D eigenvalue weighted by Crippen LogP contribution is -2.60. The Morgan fingerprint density at radius 1 is 0.898 bits per heavy atom. The maximum Gasteiger partial charge on any atom is 0.289 e. The molecule has 3 unspecified atom stereocenters. The second kappa shape index (κ2) is 18.7. The molecule has 2 fully saturated rings. The van der Waals surface area contributed by atoms with Crippen molar-refractivity contribution < 1.29 is 28.8 Å². The van der Waals surface area contributed by atoms with Crippen LogP contribution in [0.25, 0.3) is 0 Å². The summed E-state index contributed by atoms with van der Waals surface area (Å²) in [7, 11) is 0. The lowest BCUT2D eigenvalue weighted by Gasteiger charge is -2.34. The monoisotopic (exact) mass is 687 g/mol. The second-order valence-corrected chi connectivity index (χ2v) is 14.4. The molecule has 1 aromatic rings. The van der Waals surface area contributed by atoms with Crippen LogP contribution in [0.1, 0.15) is 112 Å². The Bertz CT molecular complexity index is 1290. The van der Waals surface area contributed by atoms with Crippen molar-refractivity contribution in [3.63, 3.8) is 0 Å². The Morgan fingerprint density at radius 2 is 1.61 bits per heavy atom. The molecule has 1 aliphatic carbocycles. The number of fused-ring (bicyclic) bond motifs is 1. The first-order valence-electron chi connectivity index (χ1n) is 18.1. The second-order valence-electron chi connectivity index (χ2n) is 14.4. The third-order valence-electron chi connectivity index (χ3n) is 9.82. The molecule has 5 amide bonds. The fourth-order valence-electron chi connectivity index (χ4n) is 6.82. The minimum atomic E-state index is -1.01. The summed E-state index contributed by atoms with van der Waals surface area (Å²) in [6.07, 6.45) is 6.21. The number of carbonyl (C=O) groups excluding carboxylic acids is 6. The standard InChI is InChI=1S/C34H57N9O6/c1-8-13-24(30(45)33(48)35-21(7)9-2)36-32(47)29-23-15-12-14-22(23)18-43(29)34(49)28(20(5)6)38-31(46)27(19(3)4)37-26(44)17-11-10-16-25-39-41-42-40-25/h19-24,27-29H,8-18H2,1-7H3,(H,35,48)(H,36,47)(H,37,44)(H,38,46)(H,39,40,41,42)/t21-,22+,23+,24?,27-,28?,29?/m1/s1. The average Bonchev–Trinajstić information content (AvgIpc) is 3.81. The highest BCUT2D eigenvalue weighted by Crippen LogP contribution is 2.42. The van der Waals surface area contributed by atoms with Crippen molar-refractivity contribution in [1.29, 1.82) is 0 Å². The molecule has 274 valence electrons. The van der Waals surface area contributed by atoms with Gasteiger partial charge in [-0.1, -0.05) is 54.4 Å². The number of nitrogens with one attached hydrogen (secondary N) is 5. The Labute approximate surface area is 289 Å². The van der Waals surface area contributed by atoms with Gasteiger partial charge in [-0.3, -0.25) is 28.8 Å². The number of H-pyrrole nitrogens is 1. The number of likely N-dealkylation sites (tertiary alicyclic amines) is 1. The minimum Gasteiger partial charge on any atom is -0.347 e. The molecule has 0 spiro atoms. The fraction of sp³-hybridized carbons (Fsp3) is 0.794. The molecule has 7 atom stereocenters. The first-order valence-corrected chi connectivity index (χ1v) is 18.1. The van der Waals surface area contributed by atoms with E-state index in [0.29, 0.717) is 50.9 Å². The van der Waals surface area contributed by atoms with E-state index in [9.17, 15) is 28.8 Å². The average molecular weight is 688 g/mol. The molecular formula is C34H57N9O6. The number of hydrogen-bond acceptors (Lipinski definition) is 9. The summed E-state index contributed by atoms with van der Waals surface area (Å²) in [5.41, 5.74) is 0. The molecule has 0 aromatic carbocycles. The lowest BCUT2D eigenvalue weighted by atomic mass is 9.92. The molecule has 49 heavy (non-hydrogen) atoms. The maximum atomic E-state index is 14.3. The molecule has 1 aliphatic heterocycles. The smallest absolute Gasteiger partial charge is 0.289 e. The van der Waals surface area contributed by atoms with E-state index in [1.54, 1.807) is 4.90 Å². The van der Waals surface area contributed by atoms with Crippen LogP contribution in [0, 0.1) is 23.7 Å². The van der Waals surface area contributed by atoms with Gasteiger partial charge in [0, 0.05) is 25.4 Å². The van der Waals surface area contributed by atoms with E-state index < -0.39 is 47.7 Å². The van der Waals surface area contributed by atoms with Crippen molar-refractivity contribution in [2.24, 2.45) is 23.7 Å². The summed E-state index contributed by atoms with van der Waals surface area (Å²) in [6, 6.07) is -3.81. The number of ketones is 1. The summed E-state index contributed by atoms with van der Waals surface area (Å²) in [5.74, 6) is -2.87. The molecule has 2 aliphatic rings. The van der Waals surface area contributed by atoms with Gasteiger partial charge in [0.25, 0.3) is 5.91 Å². The van der Waals surface area contributed by atoms with Crippen molar-refractivity contribution in [3.8, 4) is 0 Å². The predicted octanol–water partition coefficient (Wildman–Crippen LogP) is 1.59. The quantitative estimate of drug-likeness (QED) is 0.106. The summed E-state index contributed by atoms with van der Waals surface area (Å²) in [5, 5.41) is 24.9. The molecule has 1 aromatic heterocycles. The van der Waals surface area contributed by atoms with Gasteiger partial charge in [-0.2, -0.15) is 0 Å². The summed E-state index contributed by atoms with van der Waals surface area (Å²) < 4.78 is 0. The number of rotatable bonds is 19. The molecule has 3 rings (SSSR count). The Morgan fingerprint density at radius 3 is 2.22 bits per heavy atom. The Hall–Kier alpha value is -3.91. The third-order valence-corrected chi connectivity index (χ3v) is 9.82. The van der Waals surface area contributed by atoms with Crippen LogP contribution in [-0.2, 0) is 35.2 Å². The van der Waals surface area contributed by atoms with E-state index in [0.717, 1.165) is 19.3 Å². The third kappa shape index (κ3) is 10.8. The number of aromatic amines is 1. The van der Waals surface area contributed by atoms with Crippen molar-refractivity contribution in [3.05, 3.63) is 5.82 Å². The highest BCUT2D eigenvalue weighted by atomic mass is 16.2. The molecule has 2 heterocycles. The van der Waals surface area contributed by atoms with Gasteiger partial charge < -0.3 is 26.2 Å². The number of hydrogen-bond donors (Lipinski definition) is 5. The van der Waals surface area contributed by atoms with Gasteiger partial charge in [-0.15, -0.1) is 5.10 Å². The SMILES string of the molecule is CCCC(NC(=O)C1[C@H]2CCC[C@H]2CN1C(=O)C(NC(=O)[C@H](NC(=O)CCCCc1nnn[nH]1)C(C)C)C(C)C)C(=O)C(=O)N[C@H](C)CC. The normalized spacial score (nSPS) is 21.1. The first kappa shape index (κ1) is 39.5. The van der Waals surface area contributed by atoms with Gasteiger partial charge >= 0.3 is 0 Å². The molecule has 0 radical (unpaired) electrons. The molecule has 15 nitrogen and oxygen atoms in total. The highest BCUT2D eigenvalue weighted by molar-refractivity contribution is 6.38. The molecule has 1 saturated carbocycles. The van der Waals surface area contributed by atoms with Crippen molar-refractivity contribution >= 4 is 35.3 Å². The minimum absolute atomic E-state index is 0.0817. The van der Waals surface area contributed by atoms with Crippen LogP contribution in [0.15, 0.2) is 0 Å². The first-order chi connectivity index (χ1) is 23.3. The summed E-state index contributed by atoms with van der Waals surface area (Å²) >= 11 is 0. The summed E-state index contributed by atoms with van der Waals surface area (Å²) in [4.78, 5) is 82.0. The van der Waals surface area contributed by atoms with Gasteiger partial charge in [0.05, 0.1) is 6.04 Å². The van der Waals surface area contributed by atoms with E-state index in [1.165, 1.54) is 0 Å². The number of unbranched alkanes of at least 4 members (excludes halogenated alkanes) is 1. The molecular weight excluding hydrogens is 630 g/mol. The van der Waals surface area contributed by atoms with Crippen LogP contribution in [0.5, 0.6) is 0 Å². The molecule has 5 N–H and O–H groups in total. The van der Waals surface area contributed by atoms with Crippen molar-refractivity contribution in [2.75, 3.05) is 6.54 Å². The van der Waals surface area contributed by atoms with E-state index in [1.807, 2.05) is 48.5 Å². The number of amides is 5. The summed E-state index contributed by atoms with van der Waals surface area (Å²) in [6.45, 7) is 13.3. The predicted molar refractivity (Wildman–Crippen MR) is 181 cm³/mol. The van der Waals surface area contributed by atoms with E-state index >= 15 is 0 Å². The van der Waals surface area contributed by atoms with Gasteiger partial charge in [0.15, 0.2) is 0 Å². The van der Waals surface area contributed by atoms with Crippen LogP contribution in [0.3, 0.4) is 0 Å². The zero-order valence-electron chi connectivity index (χ0n) is 30.2. The lowest BCUT2D eigenvalue weighted by molar-refractivity contribution is -0.145. The van der Waals surface area contributed by atoms with Gasteiger partial charge in [-0.05, 0) is 79.5 Å². The van der Waals surface area contributed by atoms with Gasteiger partial charge in [0.2, 0.25) is 29.4 Å². The topological polar surface area (TPSA) is 208 Å². The molecule has 15 heteroatoms. The molecule has 0 bridgehead atoms. The zero-order valence-corrected chi connectivity index (χ0v) is 30.2. The zero-order chi connectivity index (χ0) is 36.2. The van der Waals surface area contributed by atoms with E-state index in [-0.39, 0.29) is 47.9 Å². The largest absolute Gasteiger partial charge is 0.347 e.